The minimum Gasteiger partial charge on any atom is -0.475 e. The summed E-state index contributed by atoms with van der Waals surface area (Å²) in [5.74, 6) is 2.23. The number of carbonyl (C=O) groups excluding carboxylic acids is 2. The van der Waals surface area contributed by atoms with Crippen LogP contribution >= 0.6 is 0 Å². The number of aryl methyl sites for hydroxylation is 1. The maximum atomic E-state index is 14.1. The smallest absolute Gasteiger partial charge is 0.236 e. The zero-order chi connectivity index (χ0) is 34.4. The molecule has 0 radical (unpaired) electrons. The van der Waals surface area contributed by atoms with Gasteiger partial charge in [-0.2, -0.15) is 5.10 Å². The van der Waals surface area contributed by atoms with Crippen molar-refractivity contribution in [3.05, 3.63) is 54.5 Å². The molecule has 266 valence electrons. The lowest BCUT2D eigenvalue weighted by Gasteiger charge is -2.38. The largest absolute Gasteiger partial charge is 0.475 e. The molecule has 50 heavy (non-hydrogen) atoms. The maximum Gasteiger partial charge on any atom is 0.236 e. The highest BCUT2D eigenvalue weighted by Crippen LogP contribution is 2.45. The molecule has 0 bridgehead atoms. The highest BCUT2D eigenvalue weighted by Gasteiger charge is 2.53. The lowest BCUT2D eigenvalue weighted by Crippen LogP contribution is -2.51. The van der Waals surface area contributed by atoms with Crippen LogP contribution in [0.5, 0.6) is 5.88 Å². The number of likely N-dealkylation sites (tertiary alicyclic amines) is 2. The molecule has 1 saturated carbocycles. The van der Waals surface area contributed by atoms with Crippen molar-refractivity contribution < 1.29 is 14.3 Å². The minimum atomic E-state index is -0.353. The van der Waals surface area contributed by atoms with Crippen molar-refractivity contribution in [2.75, 3.05) is 57.3 Å². The van der Waals surface area contributed by atoms with Crippen molar-refractivity contribution in [2.24, 2.45) is 18.4 Å². The van der Waals surface area contributed by atoms with Crippen LogP contribution in [0.2, 0.25) is 0 Å². The summed E-state index contributed by atoms with van der Waals surface area (Å²) in [5, 5.41) is 4.39. The van der Waals surface area contributed by atoms with Gasteiger partial charge in [0.05, 0.1) is 24.1 Å². The van der Waals surface area contributed by atoms with E-state index in [0.29, 0.717) is 49.9 Å². The molecule has 13 heteroatoms. The number of hydrazine groups is 1. The monoisotopic (exact) mass is 682 g/mol. The van der Waals surface area contributed by atoms with Crippen molar-refractivity contribution in [1.82, 2.24) is 45.3 Å². The summed E-state index contributed by atoms with van der Waals surface area (Å²) in [7, 11) is 1.87. The summed E-state index contributed by atoms with van der Waals surface area (Å²) in [6.07, 6.45) is 8.48. The van der Waals surface area contributed by atoms with Gasteiger partial charge < -0.3 is 19.4 Å². The van der Waals surface area contributed by atoms with E-state index in [1.54, 1.807) is 11.0 Å². The molecule has 8 rings (SSSR count). The van der Waals surface area contributed by atoms with Gasteiger partial charge in [-0.05, 0) is 88.2 Å². The molecule has 1 aliphatic carbocycles. The minimum absolute atomic E-state index is 0.0885. The number of anilines is 1. The molecule has 2 aromatic heterocycles. The number of hydrogen-bond donors (Lipinski definition) is 2. The van der Waals surface area contributed by atoms with E-state index in [9.17, 15) is 9.59 Å². The molecule has 3 aromatic rings. The standard InChI is InChI=1S/C37H50N10O3/c1-25(2)50-32-11-6-27(21-38-32)34-30-20-29(9-10-31(30)40-41-34)47-15-13-37(36(47)49)12-14-44(23-37)22-33(48)46-18-16-45(17-19-46)28-7-4-26(5-8-28)35-39-24-43(3)42-35/h4-8,11,21,24-25,29-31,34,40-41H,9-10,12-20,22-23H2,1-3H3/t29?,30?,31?,34?,37-/m0/s1. The van der Waals surface area contributed by atoms with E-state index < -0.39 is 0 Å². The van der Waals surface area contributed by atoms with Gasteiger partial charge in [-0.15, -0.1) is 0 Å². The van der Waals surface area contributed by atoms with Crippen LogP contribution in [0.25, 0.3) is 11.4 Å². The molecule has 4 saturated heterocycles. The van der Waals surface area contributed by atoms with Crippen LogP contribution in [0.4, 0.5) is 5.69 Å². The van der Waals surface area contributed by atoms with Crippen molar-refractivity contribution >= 4 is 17.5 Å². The van der Waals surface area contributed by atoms with Crippen molar-refractivity contribution in [3.8, 4) is 17.3 Å². The fraction of sp³-hybridized carbons (Fsp3) is 0.595. The molecule has 1 spiro atoms. The van der Waals surface area contributed by atoms with Gasteiger partial charge in [0.1, 0.15) is 6.33 Å². The SMILES string of the molecule is CC(C)Oc1ccc(C2NNC3CCC(N4CC[C@]5(CCN(CC(=O)N6CCN(c7ccc(-c8ncn(C)n8)cc7)CC6)C5)C4=O)CC32)cn1. The summed E-state index contributed by atoms with van der Waals surface area (Å²) in [5.41, 5.74) is 10.0. The molecule has 5 fully saturated rings. The van der Waals surface area contributed by atoms with E-state index in [4.69, 9.17) is 4.74 Å². The lowest BCUT2D eigenvalue weighted by atomic mass is 9.77. The number of rotatable bonds is 8. The van der Waals surface area contributed by atoms with Crippen molar-refractivity contribution in [3.63, 3.8) is 0 Å². The summed E-state index contributed by atoms with van der Waals surface area (Å²) in [6, 6.07) is 13.2. The average Bonchev–Trinajstić information content (AvgIpc) is 3.92. The van der Waals surface area contributed by atoms with Gasteiger partial charge in [-0.1, -0.05) is 6.07 Å². The van der Waals surface area contributed by atoms with E-state index in [2.05, 4.69) is 70.9 Å². The molecule has 5 aliphatic rings. The Bertz CT molecular complexity index is 1670. The zero-order valence-electron chi connectivity index (χ0n) is 29.5. The Labute approximate surface area is 294 Å². The Kier molecular flexibility index (Phi) is 8.98. The number of benzene rings is 1. The number of fused-ring (bicyclic) bond motifs is 1. The first kappa shape index (κ1) is 33.1. The predicted molar refractivity (Wildman–Crippen MR) is 189 cm³/mol. The van der Waals surface area contributed by atoms with Gasteiger partial charge in [0.2, 0.25) is 17.7 Å². The third-order valence-corrected chi connectivity index (χ3v) is 11.7. The van der Waals surface area contributed by atoms with E-state index in [1.165, 1.54) is 0 Å². The summed E-state index contributed by atoms with van der Waals surface area (Å²) >= 11 is 0. The van der Waals surface area contributed by atoms with Crippen LogP contribution in [0, 0.1) is 11.3 Å². The Morgan fingerprint density at radius 3 is 2.50 bits per heavy atom. The molecule has 2 N–H and O–H groups in total. The number of amides is 2. The lowest BCUT2D eigenvalue weighted by molar-refractivity contribution is -0.139. The molecule has 2 amide bonds. The summed E-state index contributed by atoms with van der Waals surface area (Å²) < 4.78 is 7.46. The highest BCUT2D eigenvalue weighted by molar-refractivity contribution is 5.86. The molecule has 6 heterocycles. The fourth-order valence-electron chi connectivity index (χ4n) is 9.00. The van der Waals surface area contributed by atoms with E-state index in [0.717, 1.165) is 80.9 Å². The van der Waals surface area contributed by atoms with Crippen molar-refractivity contribution in [1.29, 1.82) is 0 Å². The van der Waals surface area contributed by atoms with Crippen LogP contribution in [0.15, 0.2) is 48.9 Å². The number of hydrogen-bond acceptors (Lipinski definition) is 10. The second kappa shape index (κ2) is 13.6. The normalized spacial score (nSPS) is 28.6. The van der Waals surface area contributed by atoms with Crippen LogP contribution in [0.3, 0.4) is 0 Å². The third kappa shape index (κ3) is 6.46. The van der Waals surface area contributed by atoms with Crippen LogP contribution in [0.1, 0.15) is 57.6 Å². The number of nitrogens with zero attached hydrogens (tertiary/aromatic N) is 8. The molecular weight excluding hydrogens is 632 g/mol. The Morgan fingerprint density at radius 1 is 0.980 bits per heavy atom. The fourth-order valence-corrected chi connectivity index (χ4v) is 9.00. The molecule has 4 aliphatic heterocycles. The Balaban J connectivity index is 0.824. The zero-order valence-corrected chi connectivity index (χ0v) is 29.5. The number of piperazine rings is 1. The maximum absolute atomic E-state index is 14.1. The Hall–Kier alpha value is -4.07. The van der Waals surface area contributed by atoms with Crippen LogP contribution in [-0.2, 0) is 16.6 Å². The topological polar surface area (TPSA) is 124 Å². The van der Waals surface area contributed by atoms with Gasteiger partial charge in [0, 0.05) is 81.9 Å². The number of nitrogens with one attached hydrogen (secondary N) is 2. The first-order valence-electron chi connectivity index (χ1n) is 18.4. The number of aromatic nitrogens is 4. The quantitative estimate of drug-likeness (QED) is 0.367. The van der Waals surface area contributed by atoms with Crippen molar-refractivity contribution in [2.45, 2.75) is 70.2 Å². The number of carbonyl (C=O) groups is 2. The van der Waals surface area contributed by atoms with Crippen LogP contribution < -0.4 is 20.5 Å². The molecule has 4 unspecified atom stereocenters. The second-order valence-electron chi connectivity index (χ2n) is 15.2. The molecule has 1 aromatic carbocycles. The average molecular weight is 683 g/mol. The highest BCUT2D eigenvalue weighted by atomic mass is 16.5. The first-order chi connectivity index (χ1) is 24.2. The van der Waals surface area contributed by atoms with Gasteiger partial charge in [-0.3, -0.25) is 24.6 Å². The third-order valence-electron chi connectivity index (χ3n) is 11.7. The van der Waals surface area contributed by atoms with E-state index in [1.807, 2.05) is 38.1 Å². The Morgan fingerprint density at radius 2 is 1.78 bits per heavy atom. The summed E-state index contributed by atoms with van der Waals surface area (Å²) in [6.45, 7) is 9.71. The molecule has 13 nitrogen and oxygen atoms in total. The first-order valence-corrected chi connectivity index (χ1v) is 18.4. The van der Waals surface area contributed by atoms with Gasteiger partial charge >= 0.3 is 0 Å². The molecule has 5 atom stereocenters. The van der Waals surface area contributed by atoms with Gasteiger partial charge in [0.15, 0.2) is 5.82 Å². The van der Waals surface area contributed by atoms with E-state index >= 15 is 0 Å². The molecular formula is C37H50N10O3. The predicted octanol–water partition coefficient (Wildman–Crippen LogP) is 2.62. The number of ether oxygens (including phenoxy) is 1. The van der Waals surface area contributed by atoms with Gasteiger partial charge in [0.25, 0.3) is 0 Å². The van der Waals surface area contributed by atoms with Crippen LogP contribution in [-0.4, -0.2) is 117 Å². The second-order valence-corrected chi connectivity index (χ2v) is 15.2. The summed E-state index contributed by atoms with van der Waals surface area (Å²) in [4.78, 5) is 45.2. The number of pyridine rings is 1. The van der Waals surface area contributed by atoms with Gasteiger partial charge in [-0.25, -0.2) is 15.4 Å². The van der Waals surface area contributed by atoms with E-state index in [-0.39, 0.29) is 29.5 Å².